The number of nitrogens with one attached hydrogen (secondary N) is 1. The van der Waals surface area contributed by atoms with Crippen molar-refractivity contribution in [1.29, 1.82) is 0 Å². The minimum absolute atomic E-state index is 0.112. The maximum absolute atomic E-state index is 13.9. The van der Waals surface area contributed by atoms with E-state index in [4.69, 9.17) is 4.74 Å². The first kappa shape index (κ1) is 27.3. The fourth-order valence-corrected chi connectivity index (χ4v) is 6.80. The molecule has 0 saturated heterocycles. The van der Waals surface area contributed by atoms with Crippen molar-refractivity contribution in [2.75, 3.05) is 10.8 Å². The third kappa shape index (κ3) is 5.55. The van der Waals surface area contributed by atoms with Crippen LogP contribution < -0.4 is 14.4 Å². The second kappa shape index (κ2) is 10.3. The summed E-state index contributed by atoms with van der Waals surface area (Å²) >= 11 is 0. The van der Waals surface area contributed by atoms with E-state index < -0.39 is 16.1 Å². The summed E-state index contributed by atoms with van der Waals surface area (Å²) in [6.07, 6.45) is 3.59. The van der Waals surface area contributed by atoms with E-state index in [-0.39, 0.29) is 28.8 Å². The molecule has 39 heavy (non-hydrogen) atoms. The number of rotatable bonds is 5. The Balaban J connectivity index is 1.45. The van der Waals surface area contributed by atoms with E-state index in [0.717, 1.165) is 29.5 Å². The molecule has 1 aliphatic carbocycles. The fourth-order valence-electron chi connectivity index (χ4n) is 5.33. The highest BCUT2D eigenvalue weighted by atomic mass is 32.2. The normalized spacial score (nSPS) is 18.0. The van der Waals surface area contributed by atoms with Gasteiger partial charge in [0.1, 0.15) is 5.75 Å². The monoisotopic (exact) mass is 546 g/mol. The Morgan fingerprint density at radius 1 is 0.974 bits per heavy atom. The quantitative estimate of drug-likeness (QED) is 0.426. The molecule has 2 aliphatic rings. The molecule has 5 rings (SSSR count). The second-order valence-corrected chi connectivity index (χ2v) is 13.7. The van der Waals surface area contributed by atoms with Crippen LogP contribution in [0.3, 0.4) is 0 Å². The summed E-state index contributed by atoms with van der Waals surface area (Å²) in [6, 6.07) is 18.6. The summed E-state index contributed by atoms with van der Waals surface area (Å²) in [5.41, 5.74) is 6.01. The van der Waals surface area contributed by atoms with Gasteiger partial charge in [0.2, 0.25) is 0 Å². The van der Waals surface area contributed by atoms with Crippen LogP contribution in [-0.2, 0) is 33.1 Å². The molecule has 0 bridgehead atoms. The molecule has 1 aliphatic heterocycles. The second-order valence-electron chi connectivity index (χ2n) is 11.9. The molecule has 1 N–H and O–H groups in total. The first-order valence-corrected chi connectivity index (χ1v) is 15.2. The number of fused-ring (bicyclic) bond motifs is 2. The molecule has 206 valence electrons. The third-order valence-electron chi connectivity index (χ3n) is 7.83. The third-order valence-corrected chi connectivity index (χ3v) is 9.62. The largest absolute Gasteiger partial charge is 0.476 e. The van der Waals surface area contributed by atoms with Gasteiger partial charge in [-0.2, -0.15) is 0 Å². The summed E-state index contributed by atoms with van der Waals surface area (Å²) < 4.78 is 35.3. The van der Waals surface area contributed by atoms with Crippen molar-refractivity contribution in [1.82, 2.24) is 5.32 Å². The van der Waals surface area contributed by atoms with E-state index >= 15 is 0 Å². The van der Waals surface area contributed by atoms with E-state index in [1.165, 1.54) is 28.3 Å². The zero-order chi connectivity index (χ0) is 27.9. The van der Waals surface area contributed by atoms with Gasteiger partial charge in [-0.25, -0.2) is 8.42 Å². The number of sulfonamides is 1. The number of aryl methyl sites for hydroxylation is 3. The van der Waals surface area contributed by atoms with Crippen molar-refractivity contribution in [3.05, 3.63) is 88.5 Å². The summed E-state index contributed by atoms with van der Waals surface area (Å²) in [4.78, 5) is 13.7. The van der Waals surface area contributed by atoms with E-state index in [0.29, 0.717) is 11.4 Å². The van der Waals surface area contributed by atoms with Gasteiger partial charge >= 0.3 is 0 Å². The van der Waals surface area contributed by atoms with E-state index in [1.54, 1.807) is 30.3 Å². The van der Waals surface area contributed by atoms with Crippen LogP contribution in [0, 0.1) is 6.92 Å². The number of carbonyl (C=O) groups is 1. The summed E-state index contributed by atoms with van der Waals surface area (Å²) in [5.74, 6) is 0.0430. The van der Waals surface area contributed by atoms with Crippen molar-refractivity contribution >= 4 is 21.6 Å². The van der Waals surface area contributed by atoms with Gasteiger partial charge in [0.25, 0.3) is 15.9 Å². The van der Waals surface area contributed by atoms with Gasteiger partial charge in [-0.15, -0.1) is 0 Å². The molecule has 3 aromatic carbocycles. The van der Waals surface area contributed by atoms with Crippen LogP contribution >= 0.6 is 0 Å². The van der Waals surface area contributed by atoms with Crippen LogP contribution in [0.1, 0.15) is 74.4 Å². The van der Waals surface area contributed by atoms with Crippen LogP contribution in [0.5, 0.6) is 5.75 Å². The molecule has 6 nitrogen and oxygen atoms in total. The molecule has 3 aromatic rings. The lowest BCUT2D eigenvalue weighted by Crippen LogP contribution is -2.51. The molecular formula is C32H38N2O4S. The average Bonchev–Trinajstić information content (AvgIpc) is 2.91. The number of nitrogens with zero attached hydrogens (tertiary/aromatic N) is 1. The zero-order valence-corrected chi connectivity index (χ0v) is 24.3. The number of anilines is 1. The number of hydrogen-bond donors (Lipinski definition) is 1. The fraction of sp³-hybridized carbons (Fsp3) is 0.406. The predicted octanol–water partition coefficient (Wildman–Crippen LogP) is 6.01. The van der Waals surface area contributed by atoms with E-state index in [9.17, 15) is 13.2 Å². The Morgan fingerprint density at radius 3 is 2.36 bits per heavy atom. The SMILES string of the molecule is Cc1ccc(S(=O)(=O)N2C[C@H](C(=O)N[C@H](C)c3ccc4c(c3)CCCC4)Oc3ccc(C(C)(C)C)cc32)cc1. The molecule has 0 saturated carbocycles. The van der Waals surface area contributed by atoms with Crippen molar-refractivity contribution in [2.24, 2.45) is 0 Å². The van der Waals surface area contributed by atoms with Crippen LogP contribution in [-0.4, -0.2) is 27.0 Å². The van der Waals surface area contributed by atoms with Gasteiger partial charge < -0.3 is 10.1 Å². The lowest BCUT2D eigenvalue weighted by molar-refractivity contribution is -0.128. The Labute approximate surface area is 232 Å². The van der Waals surface area contributed by atoms with Crippen molar-refractivity contribution < 1.29 is 17.9 Å². The molecule has 0 radical (unpaired) electrons. The van der Waals surface area contributed by atoms with Gasteiger partial charge in [-0.1, -0.05) is 62.7 Å². The molecule has 7 heteroatoms. The van der Waals surface area contributed by atoms with Gasteiger partial charge in [0.05, 0.1) is 23.2 Å². The van der Waals surface area contributed by atoms with Crippen molar-refractivity contribution in [3.63, 3.8) is 0 Å². The van der Waals surface area contributed by atoms with Gasteiger partial charge in [0, 0.05) is 0 Å². The number of ether oxygens (including phenoxy) is 1. The lowest BCUT2D eigenvalue weighted by Gasteiger charge is -2.36. The highest BCUT2D eigenvalue weighted by Gasteiger charge is 2.38. The molecule has 0 unspecified atom stereocenters. The number of benzene rings is 3. The van der Waals surface area contributed by atoms with Crippen LogP contribution in [0.2, 0.25) is 0 Å². The maximum atomic E-state index is 13.9. The molecule has 0 fully saturated rings. The van der Waals surface area contributed by atoms with E-state index in [1.807, 2.05) is 26.0 Å². The van der Waals surface area contributed by atoms with Crippen LogP contribution in [0.25, 0.3) is 0 Å². The van der Waals surface area contributed by atoms with Crippen LogP contribution in [0.4, 0.5) is 5.69 Å². The maximum Gasteiger partial charge on any atom is 0.264 e. The first-order chi connectivity index (χ1) is 18.4. The Morgan fingerprint density at radius 2 is 1.67 bits per heavy atom. The molecule has 0 aromatic heterocycles. The minimum atomic E-state index is -3.94. The average molecular weight is 547 g/mol. The van der Waals surface area contributed by atoms with Gasteiger partial charge in [-0.3, -0.25) is 9.10 Å². The molecule has 1 heterocycles. The predicted molar refractivity (Wildman–Crippen MR) is 155 cm³/mol. The van der Waals surface area contributed by atoms with E-state index in [2.05, 4.69) is 44.3 Å². The topological polar surface area (TPSA) is 75.7 Å². The summed E-state index contributed by atoms with van der Waals surface area (Å²) in [6.45, 7) is 10.00. The van der Waals surface area contributed by atoms with Gasteiger partial charge in [0.15, 0.2) is 6.10 Å². The Hall–Kier alpha value is -3.32. The minimum Gasteiger partial charge on any atom is -0.476 e. The van der Waals surface area contributed by atoms with Crippen molar-refractivity contribution in [2.45, 2.75) is 82.8 Å². The molecule has 1 amide bonds. The molecule has 2 atom stereocenters. The smallest absolute Gasteiger partial charge is 0.264 e. The Kier molecular flexibility index (Phi) is 7.23. The number of hydrogen-bond acceptors (Lipinski definition) is 4. The lowest BCUT2D eigenvalue weighted by atomic mass is 9.86. The molecule has 0 spiro atoms. The summed E-state index contributed by atoms with van der Waals surface area (Å²) in [5, 5.41) is 3.07. The highest BCUT2D eigenvalue weighted by molar-refractivity contribution is 7.92. The molecular weight excluding hydrogens is 508 g/mol. The Bertz CT molecular complexity index is 1490. The zero-order valence-electron chi connectivity index (χ0n) is 23.5. The number of amides is 1. The number of carbonyl (C=O) groups excluding carboxylic acids is 1. The van der Waals surface area contributed by atoms with Gasteiger partial charge in [-0.05, 0) is 91.5 Å². The standard InChI is InChI=1S/C32H38N2O4S/c1-21-10-15-27(16-11-21)39(36,37)34-20-30(38-29-17-14-26(19-28(29)34)32(3,4)5)31(35)33-22(2)24-13-12-23-8-6-7-9-25(23)18-24/h10-19,22,30H,6-9,20H2,1-5H3,(H,33,35)/t22-,30-/m1/s1. The highest BCUT2D eigenvalue weighted by Crippen LogP contribution is 2.40. The van der Waals surface area contributed by atoms with Crippen molar-refractivity contribution in [3.8, 4) is 5.75 Å². The van der Waals surface area contributed by atoms with Crippen LogP contribution in [0.15, 0.2) is 65.6 Å². The summed E-state index contributed by atoms with van der Waals surface area (Å²) in [7, 11) is -3.94. The first-order valence-electron chi connectivity index (χ1n) is 13.8.